The number of carbonyl (C=O) groups excluding carboxylic acids is 1. The van der Waals surface area contributed by atoms with Crippen LogP contribution >= 0.6 is 0 Å². The van der Waals surface area contributed by atoms with Crippen LogP contribution in [0.5, 0.6) is 0 Å². The van der Waals surface area contributed by atoms with Crippen molar-refractivity contribution in [1.82, 2.24) is 15.1 Å². The monoisotopic (exact) mass is 239 g/mol. The van der Waals surface area contributed by atoms with Crippen molar-refractivity contribution in [2.45, 2.75) is 20.3 Å². The van der Waals surface area contributed by atoms with Crippen molar-refractivity contribution in [3.8, 4) is 0 Å². The highest BCUT2D eigenvalue weighted by atomic mass is 16.1. The summed E-state index contributed by atoms with van der Waals surface area (Å²) in [5.41, 5.74) is 0.581. The van der Waals surface area contributed by atoms with Gasteiger partial charge in [-0.2, -0.15) is 0 Å². The molecule has 1 aliphatic rings. The Morgan fingerprint density at radius 1 is 1.18 bits per heavy atom. The first kappa shape index (κ1) is 14.2. The van der Waals surface area contributed by atoms with Gasteiger partial charge in [0.2, 0.25) is 5.91 Å². The molecular weight excluding hydrogens is 214 g/mol. The lowest BCUT2D eigenvalue weighted by molar-refractivity contribution is -0.117. The molecule has 0 aromatic heterocycles. The molecule has 1 amide bonds. The van der Waals surface area contributed by atoms with E-state index in [1.807, 2.05) is 0 Å². The predicted molar refractivity (Wildman–Crippen MR) is 71.0 cm³/mol. The minimum absolute atomic E-state index is 0.0328. The Morgan fingerprint density at radius 3 is 2.18 bits per heavy atom. The second-order valence-corrected chi connectivity index (χ2v) is 4.72. The highest BCUT2D eigenvalue weighted by molar-refractivity contribution is 5.92. The minimum atomic E-state index is -0.0328. The first-order valence-electron chi connectivity index (χ1n) is 6.52. The maximum absolute atomic E-state index is 11.3. The third kappa shape index (κ3) is 5.33. The minimum Gasteiger partial charge on any atom is -0.351 e. The van der Waals surface area contributed by atoms with Gasteiger partial charge in [-0.15, -0.1) is 0 Å². The molecular formula is C13H25N3O. The van der Waals surface area contributed by atoms with Crippen LogP contribution in [-0.2, 0) is 4.79 Å². The standard InChI is InChI=1S/C13H25N3O/c1-4-6-15-8-10-16(11-9-15)7-5-14-13(17)12(2)3/h2,4-11H2,1,3H3,(H,14,17). The van der Waals surface area contributed by atoms with Crippen LogP contribution in [0.1, 0.15) is 20.3 Å². The predicted octanol–water partition coefficient (Wildman–Crippen LogP) is 0.706. The van der Waals surface area contributed by atoms with Gasteiger partial charge in [0.25, 0.3) is 0 Å². The van der Waals surface area contributed by atoms with Gasteiger partial charge in [0.15, 0.2) is 0 Å². The van der Waals surface area contributed by atoms with Crippen molar-refractivity contribution < 1.29 is 4.79 Å². The highest BCUT2D eigenvalue weighted by Crippen LogP contribution is 2.01. The van der Waals surface area contributed by atoms with E-state index in [0.29, 0.717) is 5.57 Å². The van der Waals surface area contributed by atoms with Crippen LogP contribution in [0.3, 0.4) is 0 Å². The summed E-state index contributed by atoms with van der Waals surface area (Å²) in [6.45, 7) is 15.0. The molecule has 0 saturated carbocycles. The van der Waals surface area contributed by atoms with Crippen LogP contribution < -0.4 is 5.32 Å². The van der Waals surface area contributed by atoms with Crippen molar-refractivity contribution in [2.24, 2.45) is 0 Å². The van der Waals surface area contributed by atoms with Crippen LogP contribution in [0.4, 0.5) is 0 Å². The fourth-order valence-electron chi connectivity index (χ4n) is 2.03. The van der Waals surface area contributed by atoms with Gasteiger partial charge in [0.05, 0.1) is 0 Å². The topological polar surface area (TPSA) is 35.6 Å². The van der Waals surface area contributed by atoms with Gasteiger partial charge < -0.3 is 10.2 Å². The summed E-state index contributed by atoms with van der Waals surface area (Å²) >= 11 is 0. The molecule has 1 saturated heterocycles. The van der Waals surface area contributed by atoms with Gasteiger partial charge in [0, 0.05) is 44.8 Å². The number of piperazine rings is 1. The van der Waals surface area contributed by atoms with E-state index in [1.165, 1.54) is 13.0 Å². The second kappa shape index (κ2) is 7.45. The van der Waals surface area contributed by atoms with Gasteiger partial charge in [-0.25, -0.2) is 0 Å². The molecule has 0 aromatic rings. The van der Waals surface area contributed by atoms with Crippen molar-refractivity contribution in [3.63, 3.8) is 0 Å². The van der Waals surface area contributed by atoms with Crippen LogP contribution in [0.25, 0.3) is 0 Å². The molecule has 0 unspecified atom stereocenters. The molecule has 0 aromatic carbocycles. The Balaban J connectivity index is 2.10. The first-order valence-corrected chi connectivity index (χ1v) is 6.52. The van der Waals surface area contributed by atoms with Crippen molar-refractivity contribution in [3.05, 3.63) is 12.2 Å². The van der Waals surface area contributed by atoms with Crippen molar-refractivity contribution in [1.29, 1.82) is 0 Å². The maximum Gasteiger partial charge on any atom is 0.246 e. The molecule has 0 aliphatic carbocycles. The van der Waals surface area contributed by atoms with E-state index in [0.717, 1.165) is 39.3 Å². The summed E-state index contributed by atoms with van der Waals surface area (Å²) in [5.74, 6) is -0.0328. The molecule has 4 nitrogen and oxygen atoms in total. The van der Waals surface area contributed by atoms with Gasteiger partial charge in [-0.1, -0.05) is 13.5 Å². The molecule has 98 valence electrons. The summed E-state index contributed by atoms with van der Waals surface area (Å²) in [5, 5.41) is 2.87. The molecule has 4 heteroatoms. The zero-order valence-electron chi connectivity index (χ0n) is 11.2. The third-order valence-electron chi connectivity index (χ3n) is 3.11. The van der Waals surface area contributed by atoms with E-state index in [-0.39, 0.29) is 5.91 Å². The van der Waals surface area contributed by atoms with Gasteiger partial charge in [-0.05, 0) is 19.9 Å². The average molecular weight is 239 g/mol. The number of hydrogen-bond donors (Lipinski definition) is 1. The molecule has 0 atom stereocenters. The number of hydrogen-bond acceptors (Lipinski definition) is 3. The van der Waals surface area contributed by atoms with E-state index in [1.54, 1.807) is 6.92 Å². The highest BCUT2D eigenvalue weighted by Gasteiger charge is 2.15. The molecule has 17 heavy (non-hydrogen) atoms. The number of nitrogens with one attached hydrogen (secondary N) is 1. The lowest BCUT2D eigenvalue weighted by Gasteiger charge is -2.34. The van der Waals surface area contributed by atoms with Crippen LogP contribution in [0.15, 0.2) is 12.2 Å². The lowest BCUT2D eigenvalue weighted by atomic mass is 10.3. The van der Waals surface area contributed by atoms with Crippen LogP contribution in [0, 0.1) is 0 Å². The fraction of sp³-hybridized carbons (Fsp3) is 0.769. The quantitative estimate of drug-likeness (QED) is 0.693. The molecule has 0 radical (unpaired) electrons. The molecule has 1 rings (SSSR count). The van der Waals surface area contributed by atoms with Gasteiger partial charge >= 0.3 is 0 Å². The molecule has 1 aliphatic heterocycles. The first-order chi connectivity index (χ1) is 8.13. The van der Waals surface area contributed by atoms with Gasteiger partial charge in [-0.3, -0.25) is 9.69 Å². The van der Waals surface area contributed by atoms with Crippen molar-refractivity contribution in [2.75, 3.05) is 45.8 Å². The van der Waals surface area contributed by atoms with Crippen LogP contribution in [0.2, 0.25) is 0 Å². The Labute approximate surface area is 105 Å². The molecule has 1 heterocycles. The number of rotatable bonds is 6. The number of nitrogens with zero attached hydrogens (tertiary/aromatic N) is 2. The Morgan fingerprint density at radius 2 is 1.71 bits per heavy atom. The molecule has 1 fully saturated rings. The van der Waals surface area contributed by atoms with Crippen molar-refractivity contribution >= 4 is 5.91 Å². The third-order valence-corrected chi connectivity index (χ3v) is 3.11. The second-order valence-electron chi connectivity index (χ2n) is 4.72. The Kier molecular flexibility index (Phi) is 6.22. The van der Waals surface area contributed by atoms with E-state index >= 15 is 0 Å². The molecule has 0 spiro atoms. The normalized spacial score (nSPS) is 18.0. The lowest BCUT2D eigenvalue weighted by Crippen LogP contribution is -2.48. The van der Waals surface area contributed by atoms with Crippen LogP contribution in [-0.4, -0.2) is 61.5 Å². The fourth-order valence-corrected chi connectivity index (χ4v) is 2.03. The zero-order valence-corrected chi connectivity index (χ0v) is 11.2. The summed E-state index contributed by atoms with van der Waals surface area (Å²) in [4.78, 5) is 16.2. The van der Waals surface area contributed by atoms with E-state index in [9.17, 15) is 4.79 Å². The van der Waals surface area contributed by atoms with E-state index in [2.05, 4.69) is 28.6 Å². The van der Waals surface area contributed by atoms with Gasteiger partial charge in [0.1, 0.15) is 0 Å². The molecule has 0 bridgehead atoms. The molecule has 1 N–H and O–H groups in total. The Bertz CT molecular complexity index is 257. The average Bonchev–Trinajstić information content (AvgIpc) is 2.31. The largest absolute Gasteiger partial charge is 0.351 e. The summed E-state index contributed by atoms with van der Waals surface area (Å²) in [6.07, 6.45) is 1.23. The zero-order chi connectivity index (χ0) is 12.7. The summed E-state index contributed by atoms with van der Waals surface area (Å²) < 4.78 is 0. The SMILES string of the molecule is C=C(C)C(=O)NCCN1CCN(CCC)CC1. The summed E-state index contributed by atoms with van der Waals surface area (Å²) in [7, 11) is 0. The van der Waals surface area contributed by atoms with E-state index in [4.69, 9.17) is 0 Å². The van der Waals surface area contributed by atoms with E-state index < -0.39 is 0 Å². The summed E-state index contributed by atoms with van der Waals surface area (Å²) in [6, 6.07) is 0. The number of carbonyl (C=O) groups is 1. The smallest absolute Gasteiger partial charge is 0.246 e. The maximum atomic E-state index is 11.3. The number of amides is 1. The Hall–Kier alpha value is -0.870.